The molecular formula is C69H112O6. The molecule has 0 radical (unpaired) electrons. The lowest BCUT2D eigenvalue weighted by Crippen LogP contribution is -2.30. The highest BCUT2D eigenvalue weighted by Gasteiger charge is 2.19. The van der Waals surface area contributed by atoms with Crippen molar-refractivity contribution in [3.05, 3.63) is 134 Å². The van der Waals surface area contributed by atoms with Crippen LogP contribution in [0.2, 0.25) is 0 Å². The number of esters is 3. The molecule has 424 valence electrons. The topological polar surface area (TPSA) is 78.9 Å². The van der Waals surface area contributed by atoms with Gasteiger partial charge in [0, 0.05) is 19.3 Å². The van der Waals surface area contributed by atoms with E-state index < -0.39 is 6.10 Å². The Labute approximate surface area is 462 Å². The number of hydrogen-bond acceptors (Lipinski definition) is 6. The average molecular weight is 1040 g/mol. The molecule has 0 aromatic heterocycles. The zero-order valence-corrected chi connectivity index (χ0v) is 48.5. The molecule has 0 saturated carbocycles. The molecule has 0 aliphatic rings. The summed E-state index contributed by atoms with van der Waals surface area (Å²) in [5.74, 6) is -0.968. The van der Waals surface area contributed by atoms with Gasteiger partial charge in [0.15, 0.2) is 6.10 Å². The molecule has 0 aliphatic heterocycles. The van der Waals surface area contributed by atoms with Gasteiger partial charge in [-0.05, 0) is 109 Å². The van der Waals surface area contributed by atoms with Crippen LogP contribution in [0.1, 0.15) is 265 Å². The Balaban J connectivity index is 4.33. The first-order chi connectivity index (χ1) is 37.0. The first-order valence-electron chi connectivity index (χ1n) is 30.7. The van der Waals surface area contributed by atoms with Crippen LogP contribution in [0.4, 0.5) is 0 Å². The Morgan fingerprint density at radius 3 is 0.853 bits per heavy atom. The summed E-state index contributed by atoms with van der Waals surface area (Å²) in [5.41, 5.74) is 0. The Hall–Kier alpha value is -4.45. The Morgan fingerprint density at radius 1 is 0.280 bits per heavy atom. The lowest BCUT2D eigenvalue weighted by molar-refractivity contribution is -0.167. The predicted octanol–water partition coefficient (Wildman–Crippen LogP) is 21.0. The normalized spacial score (nSPS) is 13.1. The third-order valence-corrected chi connectivity index (χ3v) is 12.7. The summed E-state index contributed by atoms with van der Waals surface area (Å²) in [6.45, 7) is 6.35. The van der Waals surface area contributed by atoms with Gasteiger partial charge in [0.2, 0.25) is 0 Å². The van der Waals surface area contributed by atoms with Gasteiger partial charge in [0.25, 0.3) is 0 Å². The third kappa shape index (κ3) is 60.3. The maximum Gasteiger partial charge on any atom is 0.306 e. The van der Waals surface area contributed by atoms with Gasteiger partial charge in [0.05, 0.1) is 0 Å². The molecule has 0 bridgehead atoms. The number of unbranched alkanes of at least 4 members (excludes halogenated alkanes) is 21. The van der Waals surface area contributed by atoms with E-state index in [9.17, 15) is 14.4 Å². The van der Waals surface area contributed by atoms with Gasteiger partial charge in [-0.25, -0.2) is 0 Å². The van der Waals surface area contributed by atoms with Crippen LogP contribution in [0.25, 0.3) is 0 Å². The molecule has 0 aliphatic carbocycles. The Bertz CT molecular complexity index is 1620. The number of ether oxygens (including phenoxy) is 3. The summed E-state index contributed by atoms with van der Waals surface area (Å²) in [6.07, 6.45) is 87.5. The molecule has 6 nitrogen and oxygen atoms in total. The summed E-state index contributed by atoms with van der Waals surface area (Å²) in [6, 6.07) is 0. The van der Waals surface area contributed by atoms with Gasteiger partial charge >= 0.3 is 17.9 Å². The quantitative estimate of drug-likeness (QED) is 0.0261. The van der Waals surface area contributed by atoms with Crippen LogP contribution in [0.5, 0.6) is 0 Å². The minimum absolute atomic E-state index is 0.103. The summed E-state index contributed by atoms with van der Waals surface area (Å²) in [4.78, 5) is 38.2. The second kappa shape index (κ2) is 62.1. The fraction of sp³-hybridized carbons (Fsp3) is 0.638. The molecule has 1 atom stereocenters. The molecule has 0 aromatic carbocycles. The SMILES string of the molecule is CC/C=C\C/C=C\C/C=C\C/C=C\C/C=C\C/C=C\CCCCCCCCCCCCC(=O)OCC(COC(=O)CCCCCCCCCCCCC)OC(=O)CCC/C=C\C/C=C\C/C=C\C/C=C\C/C=C\CC. The van der Waals surface area contributed by atoms with Crippen molar-refractivity contribution in [3.8, 4) is 0 Å². The summed E-state index contributed by atoms with van der Waals surface area (Å²) < 4.78 is 16.8. The van der Waals surface area contributed by atoms with E-state index in [1.165, 1.54) is 103 Å². The largest absolute Gasteiger partial charge is 0.462 e. The number of hydrogen-bond donors (Lipinski definition) is 0. The molecule has 1 unspecified atom stereocenters. The Morgan fingerprint density at radius 2 is 0.533 bits per heavy atom. The molecule has 0 N–H and O–H groups in total. The molecule has 6 heteroatoms. The van der Waals surface area contributed by atoms with Crippen molar-refractivity contribution in [2.45, 2.75) is 271 Å². The Kier molecular flexibility index (Phi) is 58.4. The number of carbonyl (C=O) groups is 3. The van der Waals surface area contributed by atoms with E-state index >= 15 is 0 Å². The van der Waals surface area contributed by atoms with Gasteiger partial charge < -0.3 is 14.2 Å². The standard InChI is InChI=1S/C69H112O6/c1-4-7-10-13-16-19-22-24-26-28-29-30-31-32-33-34-35-36-37-38-39-41-42-44-47-50-53-56-59-62-68(71)74-65-66(64-73-67(70)61-58-55-52-49-46-21-18-15-12-9-6-3)75-69(72)63-60-57-54-51-48-45-43-40-27-25-23-20-17-14-11-8-5-2/h7-8,10-11,16-17,19-20,24-27,29-30,32-33,35-36,43,45,51,54,66H,4-6,9,12-15,18,21-23,28,31,34,37-42,44,46-50,52-53,55-65H2,1-3H3/b10-7-,11-8-,19-16-,20-17-,26-24-,27-25-,30-29-,33-32-,36-35-,45-43-,54-51-. The molecule has 75 heavy (non-hydrogen) atoms. The predicted molar refractivity (Wildman–Crippen MR) is 325 cm³/mol. The molecule has 0 fully saturated rings. The molecular weight excluding hydrogens is 925 g/mol. The van der Waals surface area contributed by atoms with Gasteiger partial charge in [-0.1, -0.05) is 270 Å². The van der Waals surface area contributed by atoms with Gasteiger partial charge in [-0.15, -0.1) is 0 Å². The van der Waals surface area contributed by atoms with Crippen molar-refractivity contribution in [1.82, 2.24) is 0 Å². The van der Waals surface area contributed by atoms with Crippen molar-refractivity contribution >= 4 is 17.9 Å². The van der Waals surface area contributed by atoms with E-state index in [0.29, 0.717) is 19.3 Å². The lowest BCUT2D eigenvalue weighted by atomic mass is 10.1. The fourth-order valence-electron chi connectivity index (χ4n) is 8.13. The van der Waals surface area contributed by atoms with Crippen molar-refractivity contribution in [3.63, 3.8) is 0 Å². The molecule has 0 amide bonds. The van der Waals surface area contributed by atoms with Crippen molar-refractivity contribution in [2.24, 2.45) is 0 Å². The van der Waals surface area contributed by atoms with Crippen molar-refractivity contribution in [2.75, 3.05) is 13.2 Å². The van der Waals surface area contributed by atoms with E-state index in [0.717, 1.165) is 116 Å². The first-order valence-corrected chi connectivity index (χ1v) is 30.7. The van der Waals surface area contributed by atoms with Crippen LogP contribution >= 0.6 is 0 Å². The van der Waals surface area contributed by atoms with E-state index in [-0.39, 0.29) is 37.5 Å². The maximum absolute atomic E-state index is 12.8. The summed E-state index contributed by atoms with van der Waals surface area (Å²) in [5, 5.41) is 0. The van der Waals surface area contributed by atoms with Crippen LogP contribution in [0, 0.1) is 0 Å². The van der Waals surface area contributed by atoms with E-state index in [1.54, 1.807) is 0 Å². The van der Waals surface area contributed by atoms with Crippen LogP contribution < -0.4 is 0 Å². The minimum Gasteiger partial charge on any atom is -0.462 e. The van der Waals surface area contributed by atoms with Crippen LogP contribution in [-0.2, 0) is 28.6 Å². The van der Waals surface area contributed by atoms with Crippen LogP contribution in [-0.4, -0.2) is 37.2 Å². The number of rotatable bonds is 54. The van der Waals surface area contributed by atoms with Gasteiger partial charge in [-0.3, -0.25) is 14.4 Å². The monoisotopic (exact) mass is 1040 g/mol. The second-order valence-electron chi connectivity index (χ2n) is 19.9. The molecule has 0 heterocycles. The van der Waals surface area contributed by atoms with Gasteiger partial charge in [0.1, 0.15) is 13.2 Å². The van der Waals surface area contributed by atoms with E-state index in [4.69, 9.17) is 14.2 Å². The molecule has 0 saturated heterocycles. The highest BCUT2D eigenvalue weighted by Crippen LogP contribution is 2.15. The summed E-state index contributed by atoms with van der Waals surface area (Å²) in [7, 11) is 0. The fourth-order valence-corrected chi connectivity index (χ4v) is 8.13. The highest BCUT2D eigenvalue weighted by molar-refractivity contribution is 5.71. The zero-order chi connectivity index (χ0) is 54.3. The lowest BCUT2D eigenvalue weighted by Gasteiger charge is -2.18. The third-order valence-electron chi connectivity index (χ3n) is 12.7. The molecule has 0 spiro atoms. The summed E-state index contributed by atoms with van der Waals surface area (Å²) >= 11 is 0. The zero-order valence-electron chi connectivity index (χ0n) is 48.5. The highest BCUT2D eigenvalue weighted by atomic mass is 16.6. The second-order valence-corrected chi connectivity index (χ2v) is 19.9. The van der Waals surface area contributed by atoms with E-state index in [1.807, 2.05) is 0 Å². The maximum atomic E-state index is 12.8. The number of carbonyl (C=O) groups excluding carboxylic acids is 3. The molecule has 0 rings (SSSR count). The van der Waals surface area contributed by atoms with Gasteiger partial charge in [-0.2, -0.15) is 0 Å². The minimum atomic E-state index is -0.812. The van der Waals surface area contributed by atoms with Crippen molar-refractivity contribution < 1.29 is 28.6 Å². The molecule has 0 aromatic rings. The first kappa shape index (κ1) is 70.5. The average Bonchev–Trinajstić information content (AvgIpc) is 3.41. The number of allylic oxidation sites excluding steroid dienone is 22. The van der Waals surface area contributed by atoms with E-state index in [2.05, 4.69) is 154 Å². The van der Waals surface area contributed by atoms with Crippen LogP contribution in [0.3, 0.4) is 0 Å². The smallest absolute Gasteiger partial charge is 0.306 e. The van der Waals surface area contributed by atoms with Crippen LogP contribution in [0.15, 0.2) is 134 Å². The van der Waals surface area contributed by atoms with Crippen molar-refractivity contribution in [1.29, 1.82) is 0 Å².